The number of thioether (sulfide) groups is 1. The van der Waals surface area contributed by atoms with Crippen molar-refractivity contribution >= 4 is 70.7 Å². The van der Waals surface area contributed by atoms with Crippen molar-refractivity contribution in [2.75, 3.05) is 51.9 Å². The maximum atomic E-state index is 14.7. The number of aryl methyl sites for hydroxylation is 1. The Labute approximate surface area is 581 Å². The van der Waals surface area contributed by atoms with Gasteiger partial charge in [-0.15, -0.1) is 5.10 Å². The maximum Gasteiger partial charge on any atom is 0.315 e. The molecule has 16 N–H and O–H groups in total. The number of imidazole rings is 1. The van der Waals surface area contributed by atoms with E-state index in [1.165, 1.54) is 24.7 Å². The summed E-state index contributed by atoms with van der Waals surface area (Å²) in [6.45, 7) is 2.87. The number of hydrogen-bond acceptors (Lipinski definition) is 20. The number of hydrogen-bond donors (Lipinski definition) is 13. The lowest BCUT2D eigenvalue weighted by Crippen LogP contribution is -2.60. The first-order valence-corrected chi connectivity index (χ1v) is 35.7. The van der Waals surface area contributed by atoms with Crippen LogP contribution in [0.15, 0.2) is 73.3 Å². The zero-order valence-corrected chi connectivity index (χ0v) is 57.1. The predicted octanol–water partition coefficient (Wildman–Crippen LogP) is 1.05. The molecule has 1 unspecified atom stereocenters. The summed E-state index contributed by atoms with van der Waals surface area (Å²) in [5.41, 5.74) is 19.9. The van der Waals surface area contributed by atoms with Gasteiger partial charge in [-0.25, -0.2) is 9.78 Å². The summed E-state index contributed by atoms with van der Waals surface area (Å²) in [4.78, 5) is 145. The number of unbranched alkanes of at least 4 members (excludes halogenated alkanes) is 4. The molecule has 0 spiro atoms. The zero-order valence-electron chi connectivity index (χ0n) is 56.3. The predicted molar refractivity (Wildman–Crippen MR) is 367 cm³/mol. The Bertz CT molecular complexity index is 3200. The van der Waals surface area contributed by atoms with Gasteiger partial charge in [-0.3, -0.25) is 47.8 Å². The quantitative estimate of drug-likeness (QED) is 0.0226. The summed E-state index contributed by atoms with van der Waals surface area (Å²) in [6, 6.07) is 5.92. The fourth-order valence-corrected chi connectivity index (χ4v) is 13.4. The number of ether oxygens (including phenoxy) is 3. The number of rotatable bonds is 35. The molecule has 10 atom stereocenters. The van der Waals surface area contributed by atoms with Crippen molar-refractivity contribution in [3.63, 3.8) is 0 Å². The molecule has 2 saturated heterocycles. The molecule has 2 bridgehead atoms. The number of aromatic nitrogens is 5. The maximum absolute atomic E-state index is 14.7. The highest BCUT2D eigenvalue weighted by atomic mass is 32.2. The van der Waals surface area contributed by atoms with Gasteiger partial charge in [0.05, 0.1) is 62.6 Å². The van der Waals surface area contributed by atoms with Crippen LogP contribution in [0.3, 0.4) is 0 Å². The van der Waals surface area contributed by atoms with Crippen LogP contribution in [0.25, 0.3) is 0 Å². The first kappa shape index (κ1) is 78.0. The fraction of sp³-hybridized carbons (Fsp3) is 0.603. The molecule has 5 heterocycles. The van der Waals surface area contributed by atoms with Gasteiger partial charge >= 0.3 is 6.03 Å². The topological polar surface area (TPSA) is 452 Å². The van der Waals surface area contributed by atoms with Gasteiger partial charge in [0.1, 0.15) is 41.7 Å². The van der Waals surface area contributed by atoms with E-state index in [0.717, 1.165) is 37.9 Å². The molecule has 2 aromatic carbocycles. The molecule has 7 rings (SSSR count). The lowest BCUT2D eigenvalue weighted by atomic mass is 9.99. The largest absolute Gasteiger partial charge is 0.508 e. The Morgan fingerprint density at radius 2 is 1.17 bits per heavy atom. The fourth-order valence-electron chi connectivity index (χ4n) is 11.9. The Morgan fingerprint density at radius 3 is 1.82 bits per heavy atom. The summed E-state index contributed by atoms with van der Waals surface area (Å²) in [5.74, 6) is -4.70. The summed E-state index contributed by atoms with van der Waals surface area (Å²) in [7, 11) is 0. The van der Waals surface area contributed by atoms with E-state index in [4.69, 9.17) is 31.4 Å². The molecule has 3 aliphatic rings. The third-order valence-electron chi connectivity index (χ3n) is 17.4. The lowest BCUT2D eigenvalue weighted by molar-refractivity contribution is -0.135. The minimum absolute atomic E-state index is 0.00283. The zero-order chi connectivity index (χ0) is 70.7. The Balaban J connectivity index is 0.969. The van der Waals surface area contributed by atoms with E-state index in [1.807, 2.05) is 11.8 Å². The van der Waals surface area contributed by atoms with Crippen molar-refractivity contribution in [1.82, 2.24) is 67.5 Å². The standard InChI is InChI=1S/C68H100N16O14S/c69-28-10-6-19-52-63(90)76-53(26-27-60(71)88)64(91)79-56(39-46-40-72-43-73-46)67(94)74-51(58(87)20-9-13-31-97-33-35-98-34-32-96-30-12-8-17-48(85)16-4-5-21-59-61-57(42-99-59)80-68(95)81-61)18-7-11-29-84-41-47(82-83-84)38-50(70)62(89)77-54(36-44-14-2-1-3-15-44)66(93)78-55(65(92)75-52)37-45-22-24-49(86)25-23-45/h1-3,14-15,22-25,40-41,43,50-57,59,61,86H,4-13,16-21,26-39,42,69-70H2,(H2,71,88)(H,72,73)(H,74,94)(H,75,92)(H,76,90)(H,77,89)(H,78,93)(H,79,91)(H2,80,81,95)/t50-,51-,52-,53-,54-,55-,56-,57+,59?,61+/m0/s1. The lowest BCUT2D eigenvalue weighted by Gasteiger charge is -2.28. The number of fused-ring (bicyclic) bond motifs is 3. The average Bonchev–Trinajstić information content (AvgIpc) is 1.71. The van der Waals surface area contributed by atoms with E-state index in [9.17, 15) is 53.1 Å². The normalized spacial score (nSPS) is 23.1. The number of aromatic amines is 1. The molecule has 542 valence electrons. The minimum Gasteiger partial charge on any atom is -0.508 e. The van der Waals surface area contributed by atoms with Crippen LogP contribution in [0.5, 0.6) is 5.75 Å². The number of urea groups is 1. The van der Waals surface area contributed by atoms with Crippen LogP contribution in [0.2, 0.25) is 0 Å². The molecule has 2 fully saturated rings. The molecular formula is C68H100N16O14S. The van der Waals surface area contributed by atoms with Crippen molar-refractivity contribution in [2.45, 2.75) is 207 Å². The van der Waals surface area contributed by atoms with Crippen LogP contribution in [0.4, 0.5) is 4.79 Å². The monoisotopic (exact) mass is 1400 g/mol. The second-order valence-corrected chi connectivity index (χ2v) is 26.7. The average molecular weight is 1400 g/mol. The van der Waals surface area contributed by atoms with E-state index >= 15 is 0 Å². The Morgan fingerprint density at radius 1 is 0.596 bits per heavy atom. The Kier molecular flexibility index (Phi) is 33.5. The molecule has 0 saturated carbocycles. The number of Topliss-reactive ketones (excluding diaryl/α,β-unsaturated/α-hetero) is 2. The molecule has 4 aromatic rings. The van der Waals surface area contributed by atoms with E-state index in [1.54, 1.807) is 53.3 Å². The number of nitrogens with one attached hydrogen (secondary N) is 9. The van der Waals surface area contributed by atoms with Gasteiger partial charge in [-0.1, -0.05) is 54.1 Å². The van der Waals surface area contributed by atoms with Crippen molar-refractivity contribution < 1.29 is 67.3 Å². The Hall–Kier alpha value is -8.36. The van der Waals surface area contributed by atoms with E-state index in [-0.39, 0.29) is 99.8 Å². The van der Waals surface area contributed by atoms with Gasteiger partial charge < -0.3 is 84.0 Å². The van der Waals surface area contributed by atoms with Crippen molar-refractivity contribution in [3.05, 3.63) is 95.8 Å². The first-order chi connectivity index (χ1) is 47.9. The first-order valence-electron chi connectivity index (χ1n) is 34.6. The second kappa shape index (κ2) is 42.6. The van der Waals surface area contributed by atoms with Crippen LogP contribution in [-0.2, 0) is 89.6 Å². The summed E-state index contributed by atoms with van der Waals surface area (Å²) < 4.78 is 18.7. The number of primary amides is 1. The molecule has 3 aliphatic heterocycles. The molecule has 99 heavy (non-hydrogen) atoms. The number of H-pyrrole nitrogens is 1. The summed E-state index contributed by atoms with van der Waals surface area (Å²) >= 11 is 1.89. The van der Waals surface area contributed by atoms with Crippen LogP contribution >= 0.6 is 11.8 Å². The second-order valence-electron chi connectivity index (χ2n) is 25.4. The number of amides is 9. The number of ketones is 2. The van der Waals surface area contributed by atoms with E-state index in [2.05, 4.69) is 62.8 Å². The molecule has 0 radical (unpaired) electrons. The van der Waals surface area contributed by atoms with E-state index in [0.29, 0.717) is 125 Å². The number of nitrogens with zero attached hydrogens (tertiary/aromatic N) is 4. The summed E-state index contributed by atoms with van der Waals surface area (Å²) in [5, 5.41) is 41.6. The van der Waals surface area contributed by atoms with Gasteiger partial charge in [0.25, 0.3) is 0 Å². The number of carbonyl (C=O) groups excluding carboxylic acids is 10. The van der Waals surface area contributed by atoms with Crippen LogP contribution in [-0.4, -0.2) is 201 Å². The molecule has 31 heteroatoms. The van der Waals surface area contributed by atoms with Gasteiger partial charge in [0.2, 0.25) is 41.4 Å². The number of nitrogens with two attached hydrogens (primary N) is 3. The molecule has 0 aliphatic carbocycles. The van der Waals surface area contributed by atoms with Crippen molar-refractivity contribution in [1.29, 1.82) is 0 Å². The highest BCUT2D eigenvalue weighted by molar-refractivity contribution is 8.00. The number of carbonyl (C=O) groups is 10. The molecule has 30 nitrogen and oxygen atoms in total. The molecule has 2 aromatic heterocycles. The highest BCUT2D eigenvalue weighted by Crippen LogP contribution is 2.33. The number of phenolic OH excluding ortho intramolecular Hbond substituents is 1. The highest BCUT2D eigenvalue weighted by Gasteiger charge is 2.43. The van der Waals surface area contributed by atoms with Crippen molar-refractivity contribution in [3.8, 4) is 5.75 Å². The summed E-state index contributed by atoms with van der Waals surface area (Å²) in [6.07, 6.45) is 11.7. The SMILES string of the molecule is NCCCC[C@@H]1NC(=O)[C@H](Cc2ccc(O)cc2)NC(=O)[C@H](Cc2ccccc2)NC(=O)[C@@H](N)Cc2cn(nn2)CCCC[C@@H](C(=O)CCCCOCCOCCOCCCCC(=O)CCCCC2SC[C@H]3NC(=O)N[C@@H]23)NC(=O)[C@H](Cc2cnc[nH]2)NC(=O)[C@H](CCC(N)=O)NC1=O. The van der Waals surface area contributed by atoms with Crippen molar-refractivity contribution in [2.24, 2.45) is 17.2 Å². The van der Waals surface area contributed by atoms with Gasteiger partial charge in [0.15, 0.2) is 5.78 Å². The van der Waals surface area contributed by atoms with Crippen LogP contribution in [0, 0.1) is 0 Å². The van der Waals surface area contributed by atoms with Crippen LogP contribution < -0.4 is 59.7 Å². The number of phenols is 1. The van der Waals surface area contributed by atoms with E-state index < -0.39 is 83.6 Å². The van der Waals surface area contributed by atoms with Gasteiger partial charge in [-0.2, -0.15) is 11.8 Å². The number of benzene rings is 2. The third kappa shape index (κ3) is 28.1. The minimum atomic E-state index is -1.51. The van der Waals surface area contributed by atoms with Crippen LogP contribution in [0.1, 0.15) is 138 Å². The van der Waals surface area contributed by atoms with Gasteiger partial charge in [-0.05, 0) is 113 Å². The molecular weight excluding hydrogens is 1300 g/mol. The third-order valence-corrected chi connectivity index (χ3v) is 19.0. The smallest absolute Gasteiger partial charge is 0.315 e. The molecule has 9 amide bonds. The number of aromatic hydroxyl groups is 1. The van der Waals surface area contributed by atoms with Gasteiger partial charge in [0, 0.05) is 100 Å².